The Morgan fingerprint density at radius 3 is 2.40 bits per heavy atom. The van der Waals surface area contributed by atoms with E-state index in [1.54, 1.807) is 0 Å². The van der Waals surface area contributed by atoms with Crippen molar-refractivity contribution >= 4 is 11.8 Å². The summed E-state index contributed by atoms with van der Waals surface area (Å²) in [6, 6.07) is 0. The zero-order valence-electron chi connectivity index (χ0n) is 7.15. The maximum absolute atomic E-state index is 2.35. The summed E-state index contributed by atoms with van der Waals surface area (Å²) in [4.78, 5) is 0. The van der Waals surface area contributed by atoms with Crippen LogP contribution < -0.4 is 0 Å². The summed E-state index contributed by atoms with van der Waals surface area (Å²) < 4.78 is 0. The Morgan fingerprint density at radius 2 is 2.10 bits per heavy atom. The van der Waals surface area contributed by atoms with Crippen LogP contribution in [-0.2, 0) is 0 Å². The summed E-state index contributed by atoms with van der Waals surface area (Å²) in [6.07, 6.45) is 9.58. The second-order valence-electron chi connectivity index (χ2n) is 3.45. The predicted molar refractivity (Wildman–Crippen MR) is 49.6 cm³/mol. The van der Waals surface area contributed by atoms with E-state index in [2.05, 4.69) is 13.2 Å². The van der Waals surface area contributed by atoms with Crippen molar-refractivity contribution in [3.63, 3.8) is 0 Å². The van der Waals surface area contributed by atoms with Gasteiger partial charge in [-0.05, 0) is 36.7 Å². The van der Waals surface area contributed by atoms with Crippen LogP contribution in [0.2, 0.25) is 0 Å². The van der Waals surface area contributed by atoms with Crippen molar-refractivity contribution < 1.29 is 0 Å². The average molecular weight is 158 g/mol. The fraction of sp³-hybridized carbons (Fsp3) is 1.00. The zero-order chi connectivity index (χ0) is 7.45. The lowest BCUT2D eigenvalue weighted by Gasteiger charge is -2.41. The van der Waals surface area contributed by atoms with Gasteiger partial charge in [-0.2, -0.15) is 11.8 Å². The Hall–Kier alpha value is 0.350. The van der Waals surface area contributed by atoms with Gasteiger partial charge in [0.2, 0.25) is 0 Å². The summed E-state index contributed by atoms with van der Waals surface area (Å²) in [5.74, 6) is 1.37. The molecule has 0 N–H and O–H groups in total. The van der Waals surface area contributed by atoms with Gasteiger partial charge in [0.05, 0.1) is 0 Å². The van der Waals surface area contributed by atoms with Crippen LogP contribution in [0.3, 0.4) is 0 Å². The third kappa shape index (κ3) is 1.69. The van der Waals surface area contributed by atoms with Gasteiger partial charge in [0.1, 0.15) is 0 Å². The third-order valence-corrected chi connectivity index (χ3v) is 3.61. The van der Waals surface area contributed by atoms with Crippen LogP contribution in [0.5, 0.6) is 0 Å². The quantitative estimate of drug-likeness (QED) is 0.605. The third-order valence-electron chi connectivity index (χ3n) is 3.00. The van der Waals surface area contributed by atoms with Crippen LogP contribution in [0.25, 0.3) is 0 Å². The number of hydrogen-bond donors (Lipinski definition) is 0. The van der Waals surface area contributed by atoms with Gasteiger partial charge >= 0.3 is 0 Å². The van der Waals surface area contributed by atoms with E-state index in [0.717, 1.165) is 5.41 Å². The minimum atomic E-state index is 0.795. The Kier molecular flexibility index (Phi) is 3.09. The van der Waals surface area contributed by atoms with E-state index in [1.165, 1.54) is 37.9 Å². The van der Waals surface area contributed by atoms with Gasteiger partial charge in [0.25, 0.3) is 0 Å². The first kappa shape index (κ1) is 8.45. The highest BCUT2D eigenvalue weighted by Crippen LogP contribution is 2.46. The lowest BCUT2D eigenvalue weighted by Crippen LogP contribution is -2.28. The Bertz CT molecular complexity index is 89.4. The van der Waals surface area contributed by atoms with Gasteiger partial charge in [-0.3, -0.25) is 0 Å². The molecular formula is C9H18S. The lowest BCUT2D eigenvalue weighted by atomic mass is 9.65. The fourth-order valence-corrected chi connectivity index (χ4v) is 2.41. The number of rotatable bonds is 4. The fourth-order valence-electron chi connectivity index (χ4n) is 1.78. The van der Waals surface area contributed by atoms with Crippen LogP contribution in [-0.4, -0.2) is 12.0 Å². The topological polar surface area (TPSA) is 0 Å². The molecule has 0 saturated heterocycles. The molecule has 0 atom stereocenters. The molecular weight excluding hydrogens is 140 g/mol. The van der Waals surface area contributed by atoms with Gasteiger partial charge in [0.15, 0.2) is 0 Å². The van der Waals surface area contributed by atoms with Crippen molar-refractivity contribution in [3.05, 3.63) is 0 Å². The highest BCUT2D eigenvalue weighted by Gasteiger charge is 2.33. The van der Waals surface area contributed by atoms with Crippen LogP contribution in [0, 0.1) is 5.41 Å². The minimum Gasteiger partial charge on any atom is -0.165 e. The minimum absolute atomic E-state index is 0.795. The number of hydrogen-bond acceptors (Lipinski definition) is 1. The Balaban J connectivity index is 2.20. The SMILES string of the molecule is CCC1(CCSC)CCC1. The van der Waals surface area contributed by atoms with Crippen LogP contribution in [0.15, 0.2) is 0 Å². The summed E-state index contributed by atoms with van der Waals surface area (Å²) in [5, 5.41) is 0. The largest absolute Gasteiger partial charge is 0.165 e. The molecule has 1 aliphatic rings. The maximum atomic E-state index is 2.35. The monoisotopic (exact) mass is 158 g/mol. The lowest BCUT2D eigenvalue weighted by molar-refractivity contribution is 0.123. The van der Waals surface area contributed by atoms with E-state index in [4.69, 9.17) is 0 Å². The van der Waals surface area contributed by atoms with E-state index in [9.17, 15) is 0 Å². The number of thioether (sulfide) groups is 1. The highest BCUT2D eigenvalue weighted by molar-refractivity contribution is 7.98. The molecule has 0 aromatic rings. The molecule has 0 amide bonds. The summed E-state index contributed by atoms with van der Waals surface area (Å²) in [5.41, 5.74) is 0.795. The van der Waals surface area contributed by atoms with Crippen LogP contribution in [0.4, 0.5) is 0 Å². The summed E-state index contributed by atoms with van der Waals surface area (Å²) in [7, 11) is 0. The average Bonchev–Trinajstić information content (AvgIpc) is 1.87. The van der Waals surface area contributed by atoms with Crippen molar-refractivity contribution in [1.82, 2.24) is 0 Å². The maximum Gasteiger partial charge on any atom is -0.00650 e. The molecule has 0 nitrogen and oxygen atoms in total. The summed E-state index contributed by atoms with van der Waals surface area (Å²) in [6.45, 7) is 2.35. The van der Waals surface area contributed by atoms with Gasteiger partial charge in [-0.25, -0.2) is 0 Å². The molecule has 10 heavy (non-hydrogen) atoms. The van der Waals surface area contributed by atoms with Crippen molar-refractivity contribution in [3.8, 4) is 0 Å². The van der Waals surface area contributed by atoms with E-state index in [-0.39, 0.29) is 0 Å². The molecule has 60 valence electrons. The second-order valence-corrected chi connectivity index (χ2v) is 4.44. The Morgan fingerprint density at radius 1 is 1.40 bits per heavy atom. The first-order valence-electron chi connectivity index (χ1n) is 4.32. The van der Waals surface area contributed by atoms with Crippen LogP contribution >= 0.6 is 11.8 Å². The van der Waals surface area contributed by atoms with Crippen molar-refractivity contribution in [2.45, 2.75) is 39.0 Å². The zero-order valence-corrected chi connectivity index (χ0v) is 7.97. The standard InChI is InChI=1S/C9H18S/c1-3-9(5-4-6-9)7-8-10-2/h3-8H2,1-2H3. The normalized spacial score (nSPS) is 22.2. The van der Waals surface area contributed by atoms with E-state index in [0.29, 0.717) is 0 Å². The molecule has 1 aliphatic carbocycles. The molecule has 0 aromatic carbocycles. The van der Waals surface area contributed by atoms with E-state index in [1.807, 2.05) is 11.8 Å². The highest BCUT2D eigenvalue weighted by atomic mass is 32.2. The van der Waals surface area contributed by atoms with Gasteiger partial charge in [-0.1, -0.05) is 19.8 Å². The molecule has 0 heterocycles. The molecule has 1 heteroatoms. The molecule has 0 bridgehead atoms. The smallest absolute Gasteiger partial charge is 0.00650 e. The molecule has 0 unspecified atom stereocenters. The first-order chi connectivity index (χ1) is 4.83. The second kappa shape index (κ2) is 3.66. The van der Waals surface area contributed by atoms with Gasteiger partial charge in [-0.15, -0.1) is 0 Å². The van der Waals surface area contributed by atoms with Crippen molar-refractivity contribution in [2.75, 3.05) is 12.0 Å². The van der Waals surface area contributed by atoms with Gasteiger partial charge < -0.3 is 0 Å². The van der Waals surface area contributed by atoms with E-state index >= 15 is 0 Å². The molecule has 1 saturated carbocycles. The molecule has 0 aromatic heterocycles. The van der Waals surface area contributed by atoms with Crippen molar-refractivity contribution in [1.29, 1.82) is 0 Å². The summed E-state index contributed by atoms with van der Waals surface area (Å²) >= 11 is 1.99. The molecule has 0 aliphatic heterocycles. The van der Waals surface area contributed by atoms with E-state index < -0.39 is 0 Å². The van der Waals surface area contributed by atoms with Gasteiger partial charge in [0, 0.05) is 0 Å². The Labute approximate surface area is 68.8 Å². The molecule has 1 rings (SSSR count). The van der Waals surface area contributed by atoms with Crippen LogP contribution in [0.1, 0.15) is 39.0 Å². The molecule has 0 spiro atoms. The van der Waals surface area contributed by atoms with Crippen molar-refractivity contribution in [2.24, 2.45) is 5.41 Å². The first-order valence-corrected chi connectivity index (χ1v) is 5.71. The molecule has 1 fully saturated rings. The molecule has 0 radical (unpaired) electrons. The predicted octanol–water partition coefficient (Wildman–Crippen LogP) is 3.32.